The molecule has 2 unspecified atom stereocenters. The number of sulfonamides is 1. The van der Waals surface area contributed by atoms with Gasteiger partial charge in [0.15, 0.2) is 0 Å². The summed E-state index contributed by atoms with van der Waals surface area (Å²) in [5.74, 6) is 0.175. The molecule has 1 saturated carbocycles. The van der Waals surface area contributed by atoms with Crippen molar-refractivity contribution < 1.29 is 17.9 Å². The van der Waals surface area contributed by atoms with E-state index >= 15 is 0 Å². The molecule has 1 aliphatic rings. The van der Waals surface area contributed by atoms with Gasteiger partial charge in [-0.2, -0.15) is 0 Å². The van der Waals surface area contributed by atoms with Crippen molar-refractivity contribution in [3.63, 3.8) is 0 Å². The minimum Gasteiger partial charge on any atom is -0.494 e. The van der Waals surface area contributed by atoms with E-state index in [-0.39, 0.29) is 36.0 Å². The summed E-state index contributed by atoms with van der Waals surface area (Å²) < 4.78 is 31.1. The normalized spacial score (nSPS) is 20.3. The fraction of sp³-hybridized carbons (Fsp3) is 0.562. The Morgan fingerprint density at radius 1 is 1.36 bits per heavy atom. The first kappa shape index (κ1) is 21.5. The summed E-state index contributed by atoms with van der Waals surface area (Å²) in [6.45, 7) is 1.55. The fourth-order valence-corrected chi connectivity index (χ4v) is 3.45. The second-order valence-electron chi connectivity index (χ2n) is 6.03. The first-order valence-corrected chi connectivity index (χ1v) is 9.75. The number of nitrogens with one attached hydrogen (secondary N) is 2. The van der Waals surface area contributed by atoms with Gasteiger partial charge in [-0.3, -0.25) is 9.52 Å². The number of benzene rings is 1. The van der Waals surface area contributed by atoms with Crippen LogP contribution in [-0.2, 0) is 14.8 Å². The van der Waals surface area contributed by atoms with Crippen LogP contribution >= 0.6 is 12.4 Å². The van der Waals surface area contributed by atoms with Crippen molar-refractivity contribution >= 4 is 39.7 Å². The Hall–Kier alpha value is -1.51. The molecule has 1 amide bonds. The van der Waals surface area contributed by atoms with E-state index in [0.29, 0.717) is 23.5 Å². The van der Waals surface area contributed by atoms with E-state index in [1.165, 1.54) is 7.11 Å². The molecule has 0 radical (unpaired) electrons. The highest BCUT2D eigenvalue weighted by Gasteiger charge is 2.25. The van der Waals surface area contributed by atoms with Gasteiger partial charge < -0.3 is 15.8 Å². The van der Waals surface area contributed by atoms with Gasteiger partial charge in [-0.25, -0.2) is 8.42 Å². The predicted octanol–water partition coefficient (Wildman–Crippen LogP) is 2.33. The molecule has 9 heteroatoms. The molecule has 142 valence electrons. The summed E-state index contributed by atoms with van der Waals surface area (Å²) in [4.78, 5) is 12.4. The molecule has 0 aromatic heterocycles. The predicted molar refractivity (Wildman–Crippen MR) is 102 cm³/mol. The zero-order chi connectivity index (χ0) is 17.7. The summed E-state index contributed by atoms with van der Waals surface area (Å²) in [6, 6.07) is 4.91. The van der Waals surface area contributed by atoms with Gasteiger partial charge in [-0.1, -0.05) is 6.42 Å². The standard InChI is InChI=1S/C16H25N3O4S.ClH/c1-3-24(21,22)19-14-8-7-13(10-15(14)23-2)18-16(20)11-5-4-6-12(17)9-11;/h7-8,10-12,19H,3-6,9,17H2,1-2H3,(H,18,20);1H. The van der Waals surface area contributed by atoms with Gasteiger partial charge >= 0.3 is 0 Å². The van der Waals surface area contributed by atoms with Crippen molar-refractivity contribution in [2.45, 2.75) is 38.6 Å². The van der Waals surface area contributed by atoms with Gasteiger partial charge in [-0.15, -0.1) is 12.4 Å². The number of ether oxygens (including phenoxy) is 1. The molecule has 0 saturated heterocycles. The Kier molecular flexibility index (Phi) is 7.98. The molecular formula is C16H26ClN3O4S. The molecular weight excluding hydrogens is 366 g/mol. The van der Waals surface area contributed by atoms with Gasteiger partial charge in [0, 0.05) is 23.7 Å². The second-order valence-corrected chi connectivity index (χ2v) is 8.04. The number of halogens is 1. The number of hydrogen-bond acceptors (Lipinski definition) is 5. The lowest BCUT2D eigenvalue weighted by Gasteiger charge is -2.25. The van der Waals surface area contributed by atoms with Crippen LogP contribution in [0.5, 0.6) is 5.75 Å². The number of carbonyl (C=O) groups excluding carboxylic acids is 1. The molecule has 1 fully saturated rings. The Morgan fingerprint density at radius 2 is 2.08 bits per heavy atom. The van der Waals surface area contributed by atoms with Crippen LogP contribution in [0.25, 0.3) is 0 Å². The molecule has 1 aliphatic carbocycles. The van der Waals surface area contributed by atoms with E-state index < -0.39 is 10.0 Å². The number of carbonyl (C=O) groups is 1. The summed E-state index contributed by atoms with van der Waals surface area (Å²) in [5.41, 5.74) is 6.84. The van der Waals surface area contributed by atoms with Crippen LogP contribution in [0.2, 0.25) is 0 Å². The number of methoxy groups -OCH3 is 1. The fourth-order valence-electron chi connectivity index (χ4n) is 2.80. The molecule has 2 rings (SSSR count). The van der Waals surface area contributed by atoms with Crippen LogP contribution in [-0.4, -0.2) is 33.2 Å². The van der Waals surface area contributed by atoms with Crippen molar-refractivity contribution in [3.8, 4) is 5.75 Å². The number of amides is 1. The van der Waals surface area contributed by atoms with Gasteiger partial charge in [-0.05, 0) is 38.3 Å². The maximum absolute atomic E-state index is 12.4. The monoisotopic (exact) mass is 391 g/mol. The van der Waals surface area contributed by atoms with Crippen molar-refractivity contribution in [2.24, 2.45) is 11.7 Å². The highest BCUT2D eigenvalue weighted by Crippen LogP contribution is 2.30. The Bertz CT molecular complexity index is 697. The van der Waals surface area contributed by atoms with Crippen LogP contribution in [0.3, 0.4) is 0 Å². The topological polar surface area (TPSA) is 111 Å². The van der Waals surface area contributed by atoms with Gasteiger partial charge in [0.05, 0.1) is 18.6 Å². The van der Waals surface area contributed by atoms with Crippen molar-refractivity contribution in [1.29, 1.82) is 0 Å². The Morgan fingerprint density at radius 3 is 2.68 bits per heavy atom. The third-order valence-electron chi connectivity index (χ3n) is 4.20. The van der Waals surface area contributed by atoms with E-state index in [1.54, 1.807) is 25.1 Å². The van der Waals surface area contributed by atoms with Crippen LogP contribution in [0.1, 0.15) is 32.6 Å². The zero-order valence-electron chi connectivity index (χ0n) is 14.4. The molecule has 0 bridgehead atoms. The smallest absolute Gasteiger partial charge is 0.232 e. The van der Waals surface area contributed by atoms with Crippen LogP contribution in [0, 0.1) is 5.92 Å². The molecule has 25 heavy (non-hydrogen) atoms. The maximum atomic E-state index is 12.4. The van der Waals surface area contributed by atoms with E-state index in [9.17, 15) is 13.2 Å². The third-order valence-corrected chi connectivity index (χ3v) is 5.49. The summed E-state index contributed by atoms with van der Waals surface area (Å²) >= 11 is 0. The van der Waals surface area contributed by atoms with Crippen molar-refractivity contribution in [3.05, 3.63) is 18.2 Å². The minimum atomic E-state index is -3.40. The Balaban J connectivity index is 0.00000312. The molecule has 2 atom stereocenters. The SMILES string of the molecule is CCS(=O)(=O)Nc1ccc(NC(=O)C2CCCC(N)C2)cc1OC.Cl. The minimum absolute atomic E-state index is 0. The summed E-state index contributed by atoms with van der Waals surface area (Å²) in [6.07, 6.45) is 3.45. The second kappa shape index (κ2) is 9.26. The first-order valence-electron chi connectivity index (χ1n) is 8.09. The number of nitrogens with two attached hydrogens (primary N) is 1. The lowest BCUT2D eigenvalue weighted by molar-refractivity contribution is -0.120. The number of anilines is 2. The van der Waals surface area contributed by atoms with Gasteiger partial charge in [0.1, 0.15) is 5.75 Å². The zero-order valence-corrected chi connectivity index (χ0v) is 16.1. The highest BCUT2D eigenvalue weighted by atomic mass is 35.5. The van der Waals surface area contributed by atoms with Crippen LogP contribution in [0.15, 0.2) is 18.2 Å². The maximum Gasteiger partial charge on any atom is 0.232 e. The number of hydrogen-bond donors (Lipinski definition) is 3. The highest BCUT2D eigenvalue weighted by molar-refractivity contribution is 7.92. The van der Waals surface area contributed by atoms with Crippen molar-refractivity contribution in [2.75, 3.05) is 22.9 Å². The number of rotatable bonds is 6. The van der Waals surface area contributed by atoms with Crippen LogP contribution in [0.4, 0.5) is 11.4 Å². The van der Waals surface area contributed by atoms with Crippen LogP contribution < -0.4 is 20.5 Å². The van der Waals surface area contributed by atoms with E-state index in [4.69, 9.17) is 10.5 Å². The summed E-state index contributed by atoms with van der Waals surface area (Å²) in [5, 5.41) is 2.86. The largest absolute Gasteiger partial charge is 0.494 e. The van der Waals surface area contributed by atoms with Crippen molar-refractivity contribution in [1.82, 2.24) is 0 Å². The molecule has 4 N–H and O–H groups in total. The molecule has 7 nitrogen and oxygen atoms in total. The average molecular weight is 392 g/mol. The first-order chi connectivity index (χ1) is 11.3. The quantitative estimate of drug-likeness (QED) is 0.689. The van der Waals surface area contributed by atoms with E-state index in [1.807, 2.05) is 0 Å². The molecule has 1 aromatic rings. The van der Waals surface area contributed by atoms with Gasteiger partial charge in [0.25, 0.3) is 0 Å². The molecule has 0 aliphatic heterocycles. The molecule has 0 heterocycles. The molecule has 1 aromatic carbocycles. The average Bonchev–Trinajstić information content (AvgIpc) is 2.56. The van der Waals surface area contributed by atoms with Gasteiger partial charge in [0.2, 0.25) is 15.9 Å². The lowest BCUT2D eigenvalue weighted by atomic mass is 9.85. The van der Waals surface area contributed by atoms with E-state index in [2.05, 4.69) is 10.0 Å². The molecule has 0 spiro atoms. The third kappa shape index (κ3) is 6.05. The lowest BCUT2D eigenvalue weighted by Crippen LogP contribution is -2.34. The summed E-state index contributed by atoms with van der Waals surface area (Å²) in [7, 11) is -1.95. The Labute approximate surface area is 155 Å². The van der Waals surface area contributed by atoms with E-state index in [0.717, 1.165) is 19.3 Å².